The van der Waals surface area contributed by atoms with Gasteiger partial charge >= 0.3 is 0 Å². The Morgan fingerprint density at radius 2 is 1.35 bits per heavy atom. The van der Waals surface area contributed by atoms with Crippen LogP contribution >= 0.6 is 0 Å². The minimum Gasteiger partial charge on any atom is -0.209 e. The van der Waals surface area contributed by atoms with Crippen LogP contribution in [0, 0.1) is 17.3 Å². The molecule has 0 radical (unpaired) electrons. The van der Waals surface area contributed by atoms with Gasteiger partial charge in [0.05, 0.1) is 0 Å². The highest BCUT2D eigenvalue weighted by Crippen LogP contribution is 2.70. The number of rotatable bonds is 3. The predicted molar refractivity (Wildman–Crippen MR) is 174 cm³/mol. The van der Waals surface area contributed by atoms with Gasteiger partial charge in [-0.3, -0.25) is 0 Å². The van der Waals surface area contributed by atoms with Gasteiger partial charge in [0.2, 0.25) is 0 Å². The normalized spacial score (nSPS) is 28.3. The van der Waals surface area contributed by atoms with Crippen molar-refractivity contribution in [2.24, 2.45) is 17.3 Å². The summed E-state index contributed by atoms with van der Waals surface area (Å²) in [5, 5.41) is 0. The van der Waals surface area contributed by atoms with E-state index in [4.69, 9.17) is 15.0 Å². The van der Waals surface area contributed by atoms with Crippen molar-refractivity contribution in [1.82, 2.24) is 15.0 Å². The molecule has 43 heavy (non-hydrogen) atoms. The van der Waals surface area contributed by atoms with Gasteiger partial charge in [-0.05, 0) is 90.4 Å². The standard InChI is InChI=1S/C40H35N3/c1-3-13-26(14-4-1)37-41-38(27-15-5-2-6-16-27)43-39(42-37)28-23-24-32-31-19-9-12-22-35(31)40(36(32)25-28)33-20-10-7-17-29(33)30-18-8-11-21-34(30)40/h1,3-5,7,9-17,19,21,25,33,35H,2,6,8,18,20,22-24H2. The minimum absolute atomic E-state index is 0.0206. The molecule has 7 aliphatic carbocycles. The Morgan fingerprint density at radius 1 is 0.628 bits per heavy atom. The molecule has 0 bridgehead atoms. The van der Waals surface area contributed by atoms with Crippen LogP contribution < -0.4 is 0 Å². The summed E-state index contributed by atoms with van der Waals surface area (Å²) in [5.41, 5.74) is 12.9. The highest BCUT2D eigenvalue weighted by Gasteiger charge is 2.61. The lowest BCUT2D eigenvalue weighted by molar-refractivity contribution is 0.253. The largest absolute Gasteiger partial charge is 0.209 e. The molecule has 1 aromatic heterocycles. The average Bonchev–Trinajstić information content (AvgIpc) is 3.56. The van der Waals surface area contributed by atoms with Gasteiger partial charge in [0.15, 0.2) is 17.5 Å². The van der Waals surface area contributed by atoms with Gasteiger partial charge in [0.1, 0.15) is 0 Å². The van der Waals surface area contributed by atoms with E-state index >= 15 is 0 Å². The summed E-state index contributed by atoms with van der Waals surface area (Å²) in [5.74, 6) is 3.34. The molecule has 3 nitrogen and oxygen atoms in total. The fourth-order valence-corrected chi connectivity index (χ4v) is 8.95. The number of allylic oxidation sites excluding steroid dienone is 20. The summed E-state index contributed by atoms with van der Waals surface area (Å²) in [6, 6.07) is 10.4. The van der Waals surface area contributed by atoms with E-state index in [1.807, 2.05) is 6.07 Å². The van der Waals surface area contributed by atoms with Crippen molar-refractivity contribution in [3.63, 3.8) is 0 Å². The van der Waals surface area contributed by atoms with E-state index in [0.29, 0.717) is 11.8 Å². The van der Waals surface area contributed by atoms with Crippen LogP contribution in [-0.4, -0.2) is 15.0 Å². The first-order valence-electron chi connectivity index (χ1n) is 16.1. The maximum Gasteiger partial charge on any atom is 0.164 e. The maximum absolute atomic E-state index is 5.18. The number of fused-ring (bicyclic) bond motifs is 8. The predicted octanol–water partition coefficient (Wildman–Crippen LogP) is 9.41. The zero-order valence-electron chi connectivity index (χ0n) is 24.5. The van der Waals surface area contributed by atoms with Crippen molar-refractivity contribution >= 4 is 11.1 Å². The van der Waals surface area contributed by atoms with Crippen molar-refractivity contribution in [1.29, 1.82) is 0 Å². The molecule has 2 aromatic rings. The summed E-state index contributed by atoms with van der Waals surface area (Å²) in [7, 11) is 0. The molecule has 0 saturated heterocycles. The van der Waals surface area contributed by atoms with Gasteiger partial charge in [-0.1, -0.05) is 103 Å². The molecule has 3 heteroatoms. The monoisotopic (exact) mass is 557 g/mol. The molecule has 1 aromatic carbocycles. The minimum atomic E-state index is -0.0206. The van der Waals surface area contributed by atoms with Crippen LogP contribution in [0.4, 0.5) is 0 Å². The van der Waals surface area contributed by atoms with Crippen molar-refractivity contribution < 1.29 is 0 Å². The molecule has 0 N–H and O–H groups in total. The number of hydrogen-bond acceptors (Lipinski definition) is 3. The quantitative estimate of drug-likeness (QED) is 0.377. The second kappa shape index (κ2) is 9.84. The van der Waals surface area contributed by atoms with Crippen molar-refractivity contribution in [3.8, 4) is 11.4 Å². The third-order valence-electron chi connectivity index (χ3n) is 10.7. The topological polar surface area (TPSA) is 38.7 Å². The first kappa shape index (κ1) is 25.2. The Balaban J connectivity index is 1.25. The fraction of sp³-hybridized carbons (Fsp3) is 0.275. The van der Waals surface area contributed by atoms with Gasteiger partial charge in [-0.2, -0.15) is 0 Å². The van der Waals surface area contributed by atoms with Crippen LogP contribution in [0.5, 0.6) is 0 Å². The Morgan fingerprint density at radius 3 is 2.12 bits per heavy atom. The lowest BCUT2D eigenvalue weighted by Gasteiger charge is -2.43. The first-order valence-corrected chi connectivity index (χ1v) is 16.1. The summed E-state index contributed by atoms with van der Waals surface area (Å²) in [6.07, 6.45) is 37.0. The van der Waals surface area contributed by atoms with Gasteiger partial charge in [-0.25, -0.2) is 15.0 Å². The third kappa shape index (κ3) is 3.70. The van der Waals surface area contributed by atoms with Crippen LogP contribution in [0.2, 0.25) is 0 Å². The number of benzene rings is 1. The van der Waals surface area contributed by atoms with Gasteiger partial charge in [0.25, 0.3) is 0 Å². The third-order valence-corrected chi connectivity index (χ3v) is 10.7. The smallest absolute Gasteiger partial charge is 0.164 e. The molecule has 7 aliphatic rings. The summed E-state index contributed by atoms with van der Waals surface area (Å²) < 4.78 is 0. The van der Waals surface area contributed by atoms with E-state index in [0.717, 1.165) is 80.0 Å². The SMILES string of the molecule is C1=CCC2C(=C1)C1=C(C=CCC1)C21C2=C(CCC(c3nc(C4=CCCC=C4)nc(-c4ccccc4)n3)=C2)C2=CC=CCC21. The van der Waals surface area contributed by atoms with E-state index in [-0.39, 0.29) is 5.41 Å². The fourth-order valence-electron chi connectivity index (χ4n) is 8.95. The van der Waals surface area contributed by atoms with Crippen molar-refractivity contribution in [2.45, 2.75) is 51.4 Å². The summed E-state index contributed by atoms with van der Waals surface area (Å²) in [4.78, 5) is 15.3. The molecule has 0 saturated carbocycles. The van der Waals surface area contributed by atoms with E-state index in [9.17, 15) is 0 Å². The lowest BCUT2D eigenvalue weighted by atomic mass is 9.59. The Labute approximate surface area is 254 Å². The van der Waals surface area contributed by atoms with E-state index in [2.05, 4.69) is 97.2 Å². The number of nitrogens with zero attached hydrogens (tertiary/aromatic N) is 3. The Bertz CT molecular complexity index is 1860. The van der Waals surface area contributed by atoms with Gasteiger partial charge in [0, 0.05) is 28.4 Å². The molecule has 3 unspecified atom stereocenters. The number of hydrogen-bond donors (Lipinski definition) is 0. The highest BCUT2D eigenvalue weighted by atomic mass is 15.0. The van der Waals surface area contributed by atoms with E-state index in [1.54, 1.807) is 27.9 Å². The molecule has 9 rings (SSSR count). The summed E-state index contributed by atoms with van der Waals surface area (Å²) >= 11 is 0. The molecular formula is C40H35N3. The van der Waals surface area contributed by atoms with Crippen LogP contribution in [0.25, 0.3) is 22.5 Å². The second-order valence-electron chi connectivity index (χ2n) is 12.8. The lowest BCUT2D eigenvalue weighted by Crippen LogP contribution is -2.37. The Kier molecular flexibility index (Phi) is 5.76. The molecule has 0 aliphatic heterocycles. The maximum atomic E-state index is 5.18. The van der Waals surface area contributed by atoms with Gasteiger partial charge < -0.3 is 0 Å². The van der Waals surface area contributed by atoms with Crippen LogP contribution in [0.1, 0.15) is 63.0 Å². The zero-order chi connectivity index (χ0) is 28.4. The molecule has 210 valence electrons. The molecule has 3 atom stereocenters. The highest BCUT2D eigenvalue weighted by molar-refractivity contribution is 5.78. The molecule has 1 heterocycles. The zero-order valence-corrected chi connectivity index (χ0v) is 24.5. The van der Waals surface area contributed by atoms with Crippen LogP contribution in [0.15, 0.2) is 137 Å². The molecule has 1 spiro atoms. The Hall–Kier alpha value is -4.37. The second-order valence-corrected chi connectivity index (χ2v) is 12.8. The van der Waals surface area contributed by atoms with Crippen molar-refractivity contribution in [2.75, 3.05) is 0 Å². The van der Waals surface area contributed by atoms with E-state index in [1.165, 1.54) is 11.1 Å². The summed E-state index contributed by atoms with van der Waals surface area (Å²) in [6.45, 7) is 0. The number of aromatic nitrogens is 3. The molecule has 0 fully saturated rings. The van der Waals surface area contributed by atoms with Gasteiger partial charge in [-0.15, -0.1) is 0 Å². The van der Waals surface area contributed by atoms with E-state index < -0.39 is 0 Å². The van der Waals surface area contributed by atoms with Crippen LogP contribution in [0.3, 0.4) is 0 Å². The average molecular weight is 558 g/mol. The van der Waals surface area contributed by atoms with Crippen molar-refractivity contribution in [3.05, 3.63) is 148 Å². The first-order chi connectivity index (χ1) is 21.3. The van der Waals surface area contributed by atoms with Crippen LogP contribution in [-0.2, 0) is 0 Å². The molecular weight excluding hydrogens is 522 g/mol. The molecule has 0 amide bonds.